The summed E-state index contributed by atoms with van der Waals surface area (Å²) in [5.74, 6) is 0.361. The Morgan fingerprint density at radius 2 is 1.85 bits per heavy atom. The van der Waals surface area contributed by atoms with Gasteiger partial charge in [0, 0.05) is 13.5 Å². The van der Waals surface area contributed by atoms with Crippen LogP contribution in [-0.2, 0) is 16.6 Å². The van der Waals surface area contributed by atoms with Crippen molar-refractivity contribution in [1.82, 2.24) is 5.16 Å². The van der Waals surface area contributed by atoms with Crippen molar-refractivity contribution in [3.05, 3.63) is 35.5 Å². The van der Waals surface area contributed by atoms with Crippen molar-refractivity contribution in [2.45, 2.75) is 32.6 Å². The lowest BCUT2D eigenvalue weighted by molar-refractivity contribution is 0.200. The van der Waals surface area contributed by atoms with E-state index in [4.69, 9.17) is 15.0 Å². The Morgan fingerprint density at radius 3 is 2.40 bits per heavy atom. The molecular formula is C16H22N2O2. The quantitative estimate of drug-likeness (QED) is 0.928. The Kier molecular flexibility index (Phi) is 4.14. The summed E-state index contributed by atoms with van der Waals surface area (Å²) in [6.07, 6.45) is 0.688. The second kappa shape index (κ2) is 5.67. The first kappa shape index (κ1) is 14.6. The van der Waals surface area contributed by atoms with Crippen molar-refractivity contribution >= 4 is 5.88 Å². The number of methoxy groups -OCH3 is 1. The zero-order chi connectivity index (χ0) is 14.8. The van der Waals surface area contributed by atoms with Gasteiger partial charge in [-0.05, 0) is 16.5 Å². The van der Waals surface area contributed by atoms with Crippen molar-refractivity contribution < 1.29 is 9.26 Å². The number of anilines is 1. The molecule has 1 aromatic carbocycles. The predicted octanol–water partition coefficient (Wildman–Crippen LogP) is 3.41. The van der Waals surface area contributed by atoms with Crippen LogP contribution in [-0.4, -0.2) is 18.9 Å². The van der Waals surface area contributed by atoms with Gasteiger partial charge in [-0.2, -0.15) is 0 Å². The van der Waals surface area contributed by atoms with E-state index in [-0.39, 0.29) is 5.41 Å². The molecular weight excluding hydrogens is 252 g/mol. The molecule has 2 rings (SSSR count). The molecule has 0 aliphatic heterocycles. The molecule has 0 unspecified atom stereocenters. The van der Waals surface area contributed by atoms with Crippen LogP contribution in [0.1, 0.15) is 32.0 Å². The van der Waals surface area contributed by atoms with Gasteiger partial charge in [-0.25, -0.2) is 0 Å². The number of nitrogens with two attached hydrogens (primary N) is 1. The molecule has 0 spiro atoms. The van der Waals surface area contributed by atoms with Crippen LogP contribution in [0, 0.1) is 0 Å². The molecule has 0 atom stereocenters. The summed E-state index contributed by atoms with van der Waals surface area (Å²) in [6, 6.07) is 8.39. The second-order valence-corrected chi connectivity index (χ2v) is 5.94. The third-order valence-electron chi connectivity index (χ3n) is 3.37. The number of ether oxygens (including phenoxy) is 1. The number of rotatable bonds is 4. The smallest absolute Gasteiger partial charge is 0.230 e. The lowest BCUT2D eigenvalue weighted by Crippen LogP contribution is -2.10. The molecule has 0 aliphatic rings. The fraction of sp³-hybridized carbons (Fsp3) is 0.438. The highest BCUT2D eigenvalue weighted by atomic mass is 16.5. The van der Waals surface area contributed by atoms with Gasteiger partial charge in [0.15, 0.2) is 0 Å². The first-order valence-electron chi connectivity index (χ1n) is 6.77. The largest absolute Gasteiger partial charge is 0.384 e. The van der Waals surface area contributed by atoms with Crippen molar-refractivity contribution in [2.75, 3.05) is 19.5 Å². The van der Waals surface area contributed by atoms with Crippen LogP contribution in [0.25, 0.3) is 11.1 Å². The van der Waals surface area contributed by atoms with Gasteiger partial charge in [-0.1, -0.05) is 50.2 Å². The number of nitrogen functional groups attached to an aromatic ring is 1. The van der Waals surface area contributed by atoms with Gasteiger partial charge >= 0.3 is 0 Å². The molecule has 108 valence electrons. The fourth-order valence-corrected chi connectivity index (χ4v) is 2.15. The van der Waals surface area contributed by atoms with E-state index in [1.807, 2.05) is 0 Å². The van der Waals surface area contributed by atoms with Gasteiger partial charge in [-0.3, -0.25) is 0 Å². The minimum absolute atomic E-state index is 0.137. The minimum Gasteiger partial charge on any atom is -0.384 e. The predicted molar refractivity (Wildman–Crippen MR) is 80.6 cm³/mol. The highest BCUT2D eigenvalue weighted by Gasteiger charge is 2.17. The number of hydrogen-bond donors (Lipinski definition) is 1. The number of hydrogen-bond acceptors (Lipinski definition) is 4. The minimum atomic E-state index is 0.137. The zero-order valence-corrected chi connectivity index (χ0v) is 12.6. The average Bonchev–Trinajstić information content (AvgIpc) is 2.76. The van der Waals surface area contributed by atoms with E-state index in [0.29, 0.717) is 18.9 Å². The number of nitrogens with zero attached hydrogens (tertiary/aromatic N) is 1. The molecule has 0 saturated heterocycles. The Labute approximate surface area is 119 Å². The van der Waals surface area contributed by atoms with Crippen LogP contribution < -0.4 is 5.73 Å². The molecule has 0 amide bonds. The monoisotopic (exact) mass is 274 g/mol. The average molecular weight is 274 g/mol. The van der Waals surface area contributed by atoms with Gasteiger partial charge in [0.1, 0.15) is 0 Å². The number of benzene rings is 1. The van der Waals surface area contributed by atoms with Crippen LogP contribution in [0.4, 0.5) is 5.88 Å². The third kappa shape index (κ3) is 3.02. The molecule has 0 fully saturated rings. The summed E-state index contributed by atoms with van der Waals surface area (Å²) >= 11 is 0. The highest BCUT2D eigenvalue weighted by molar-refractivity contribution is 5.75. The van der Waals surface area contributed by atoms with E-state index in [9.17, 15) is 0 Å². The molecule has 4 nitrogen and oxygen atoms in total. The van der Waals surface area contributed by atoms with Crippen LogP contribution in [0.5, 0.6) is 0 Å². The van der Waals surface area contributed by atoms with Crippen molar-refractivity contribution in [3.8, 4) is 11.1 Å². The standard InChI is InChI=1S/C16H22N2O2/c1-16(2,3)12-7-5-11(6-8-12)14-13(9-10-19-4)18-20-15(14)17/h5-8H,9-10,17H2,1-4H3. The van der Waals surface area contributed by atoms with Crippen LogP contribution in [0.2, 0.25) is 0 Å². The van der Waals surface area contributed by atoms with Gasteiger partial charge < -0.3 is 15.0 Å². The summed E-state index contributed by atoms with van der Waals surface area (Å²) in [7, 11) is 1.67. The van der Waals surface area contributed by atoms with Crippen molar-refractivity contribution in [3.63, 3.8) is 0 Å². The van der Waals surface area contributed by atoms with E-state index in [1.54, 1.807) is 7.11 Å². The SMILES string of the molecule is COCCc1noc(N)c1-c1ccc(C(C)(C)C)cc1. The zero-order valence-electron chi connectivity index (χ0n) is 12.6. The Balaban J connectivity index is 2.34. The third-order valence-corrected chi connectivity index (χ3v) is 3.37. The summed E-state index contributed by atoms with van der Waals surface area (Å²) in [6.45, 7) is 7.18. The highest BCUT2D eigenvalue weighted by Crippen LogP contribution is 2.32. The second-order valence-electron chi connectivity index (χ2n) is 5.94. The Morgan fingerprint density at radius 1 is 1.20 bits per heavy atom. The molecule has 2 N–H and O–H groups in total. The van der Waals surface area contributed by atoms with E-state index in [2.05, 4.69) is 50.2 Å². The molecule has 20 heavy (non-hydrogen) atoms. The Bertz CT molecular complexity index is 565. The summed E-state index contributed by atoms with van der Waals surface area (Å²) < 4.78 is 10.2. The molecule has 4 heteroatoms. The number of aromatic nitrogens is 1. The van der Waals surface area contributed by atoms with Gasteiger partial charge in [0.25, 0.3) is 0 Å². The van der Waals surface area contributed by atoms with Crippen LogP contribution >= 0.6 is 0 Å². The molecule has 0 aliphatic carbocycles. The van der Waals surface area contributed by atoms with E-state index >= 15 is 0 Å². The molecule has 1 heterocycles. The molecule has 0 bridgehead atoms. The maximum absolute atomic E-state index is 5.90. The summed E-state index contributed by atoms with van der Waals surface area (Å²) in [4.78, 5) is 0. The van der Waals surface area contributed by atoms with Crippen LogP contribution in [0.3, 0.4) is 0 Å². The van der Waals surface area contributed by atoms with Gasteiger partial charge in [0.2, 0.25) is 5.88 Å². The van der Waals surface area contributed by atoms with Crippen LogP contribution in [0.15, 0.2) is 28.8 Å². The summed E-state index contributed by atoms with van der Waals surface area (Å²) in [5.41, 5.74) is 10.1. The van der Waals surface area contributed by atoms with E-state index < -0.39 is 0 Å². The van der Waals surface area contributed by atoms with E-state index in [0.717, 1.165) is 16.8 Å². The Hall–Kier alpha value is -1.81. The van der Waals surface area contributed by atoms with Gasteiger partial charge in [-0.15, -0.1) is 0 Å². The first-order chi connectivity index (χ1) is 9.43. The van der Waals surface area contributed by atoms with Crippen molar-refractivity contribution in [2.24, 2.45) is 0 Å². The maximum atomic E-state index is 5.90. The first-order valence-corrected chi connectivity index (χ1v) is 6.77. The van der Waals surface area contributed by atoms with E-state index in [1.165, 1.54) is 5.56 Å². The lowest BCUT2D eigenvalue weighted by atomic mass is 9.86. The topological polar surface area (TPSA) is 61.3 Å². The maximum Gasteiger partial charge on any atom is 0.230 e. The van der Waals surface area contributed by atoms with Gasteiger partial charge in [0.05, 0.1) is 17.9 Å². The lowest BCUT2D eigenvalue weighted by Gasteiger charge is -2.19. The molecule has 0 saturated carbocycles. The van der Waals surface area contributed by atoms with Crippen molar-refractivity contribution in [1.29, 1.82) is 0 Å². The fourth-order valence-electron chi connectivity index (χ4n) is 2.15. The molecule has 1 aromatic heterocycles. The normalized spacial score (nSPS) is 11.8. The molecule has 0 radical (unpaired) electrons. The molecule has 2 aromatic rings. The summed E-state index contributed by atoms with van der Waals surface area (Å²) in [5, 5.41) is 4.02.